The third-order valence-electron chi connectivity index (χ3n) is 3.78. The molecule has 31 heavy (non-hydrogen) atoms. The minimum atomic E-state index is -0.484. The van der Waals surface area contributed by atoms with E-state index < -0.39 is 21.7 Å². The van der Waals surface area contributed by atoms with Crippen LogP contribution in [-0.2, 0) is 9.59 Å². The lowest BCUT2D eigenvalue weighted by molar-refractivity contribution is -0.385. The molecular formula is C17H18N6O6S2. The van der Waals surface area contributed by atoms with Crippen molar-refractivity contribution >= 4 is 58.3 Å². The van der Waals surface area contributed by atoms with E-state index in [1.165, 1.54) is 47.2 Å². The number of aryl methyl sites for hydroxylation is 2. The molecule has 0 radical (unpaired) electrons. The van der Waals surface area contributed by atoms with Gasteiger partial charge in [-0.15, -0.1) is 22.7 Å². The molecule has 0 aliphatic rings. The Kier molecular flexibility index (Phi) is 8.45. The summed E-state index contributed by atoms with van der Waals surface area (Å²) in [6, 6.07) is 2.74. The summed E-state index contributed by atoms with van der Waals surface area (Å²) in [4.78, 5) is 46.3. The molecule has 2 amide bonds. The Morgan fingerprint density at radius 2 is 1.29 bits per heavy atom. The number of carbonyl (C=O) groups excluding carboxylic acids is 2. The van der Waals surface area contributed by atoms with Crippen LogP contribution in [0.15, 0.2) is 22.3 Å². The molecule has 0 saturated carbocycles. The van der Waals surface area contributed by atoms with Crippen molar-refractivity contribution in [3.05, 3.63) is 51.9 Å². The summed E-state index contributed by atoms with van der Waals surface area (Å²) in [5, 5.41) is 29.1. The maximum atomic E-state index is 11.7. The van der Waals surface area contributed by atoms with Crippen LogP contribution in [0, 0.1) is 34.1 Å². The van der Waals surface area contributed by atoms with E-state index in [1.807, 2.05) is 0 Å². The predicted molar refractivity (Wildman–Crippen MR) is 117 cm³/mol. The van der Waals surface area contributed by atoms with Crippen molar-refractivity contribution in [3.63, 3.8) is 0 Å². The van der Waals surface area contributed by atoms with Gasteiger partial charge < -0.3 is 0 Å². The summed E-state index contributed by atoms with van der Waals surface area (Å²) in [5.74, 6) is -0.812. The second-order valence-electron chi connectivity index (χ2n) is 6.13. The van der Waals surface area contributed by atoms with Crippen LogP contribution in [0.1, 0.15) is 38.8 Å². The Balaban J connectivity index is 1.69. The lowest BCUT2D eigenvalue weighted by Gasteiger charge is -2.00. The number of carbonyl (C=O) groups is 2. The van der Waals surface area contributed by atoms with Crippen LogP contribution >= 0.6 is 22.7 Å². The van der Waals surface area contributed by atoms with Gasteiger partial charge in [-0.3, -0.25) is 29.8 Å². The van der Waals surface area contributed by atoms with E-state index in [4.69, 9.17) is 0 Å². The molecule has 0 unspecified atom stereocenters. The molecule has 2 aromatic heterocycles. The number of thiophene rings is 2. The fraction of sp³-hybridized carbons (Fsp3) is 0.294. The zero-order valence-electron chi connectivity index (χ0n) is 16.5. The average Bonchev–Trinajstić information content (AvgIpc) is 3.24. The molecule has 0 aliphatic heterocycles. The van der Waals surface area contributed by atoms with Crippen LogP contribution in [0.2, 0.25) is 0 Å². The normalized spacial score (nSPS) is 11.2. The molecule has 2 heterocycles. The van der Waals surface area contributed by atoms with Gasteiger partial charge in [0, 0.05) is 25.0 Å². The number of nitrogens with zero attached hydrogens (tertiary/aromatic N) is 4. The zero-order chi connectivity index (χ0) is 23.0. The molecule has 2 N–H and O–H groups in total. The molecule has 12 nitrogen and oxygen atoms in total. The number of hydrazone groups is 2. The summed E-state index contributed by atoms with van der Waals surface area (Å²) in [6.07, 6.45) is 3.00. The van der Waals surface area contributed by atoms with Crippen LogP contribution < -0.4 is 10.9 Å². The van der Waals surface area contributed by atoms with Gasteiger partial charge in [0.2, 0.25) is 11.8 Å². The molecule has 0 fully saturated rings. The summed E-state index contributed by atoms with van der Waals surface area (Å²) in [6.45, 7) is 3.25. The first kappa shape index (κ1) is 23.8. The van der Waals surface area contributed by atoms with Gasteiger partial charge in [-0.25, -0.2) is 10.9 Å². The van der Waals surface area contributed by atoms with Crippen molar-refractivity contribution in [1.82, 2.24) is 10.9 Å². The number of hydrogen-bond donors (Lipinski definition) is 2. The Morgan fingerprint density at radius 3 is 1.61 bits per heavy atom. The smallest absolute Gasteiger partial charge is 0.273 e. The topological polar surface area (TPSA) is 169 Å². The molecule has 0 saturated heterocycles. The van der Waals surface area contributed by atoms with Crippen molar-refractivity contribution in [1.29, 1.82) is 0 Å². The lowest BCUT2D eigenvalue weighted by Crippen LogP contribution is -2.20. The molecule has 0 bridgehead atoms. The highest BCUT2D eigenvalue weighted by molar-refractivity contribution is 7.14. The summed E-state index contributed by atoms with van der Waals surface area (Å²) >= 11 is 2.37. The number of rotatable bonds is 10. The number of nitro groups is 2. The minimum absolute atomic E-state index is 0.00103. The van der Waals surface area contributed by atoms with Gasteiger partial charge in [0.1, 0.15) is 0 Å². The Morgan fingerprint density at radius 1 is 0.903 bits per heavy atom. The fourth-order valence-corrected chi connectivity index (χ4v) is 4.07. The first-order chi connectivity index (χ1) is 14.7. The fourth-order valence-electron chi connectivity index (χ4n) is 2.34. The molecule has 0 aliphatic carbocycles. The highest BCUT2D eigenvalue weighted by atomic mass is 32.1. The quantitative estimate of drug-likeness (QED) is 0.310. The summed E-state index contributed by atoms with van der Waals surface area (Å²) in [7, 11) is 0. The van der Waals surface area contributed by atoms with Crippen LogP contribution in [0.25, 0.3) is 0 Å². The highest BCUT2D eigenvalue weighted by Gasteiger charge is 2.15. The molecular weight excluding hydrogens is 448 g/mol. The van der Waals surface area contributed by atoms with Gasteiger partial charge in [0.25, 0.3) is 11.4 Å². The van der Waals surface area contributed by atoms with E-state index in [0.29, 0.717) is 19.5 Å². The Hall–Kier alpha value is -3.52. The van der Waals surface area contributed by atoms with Gasteiger partial charge in [0.05, 0.1) is 41.8 Å². The van der Waals surface area contributed by atoms with Gasteiger partial charge in [-0.05, 0) is 20.3 Å². The molecule has 14 heteroatoms. The molecule has 2 aromatic rings. The van der Waals surface area contributed by atoms with Crippen LogP contribution in [0.4, 0.5) is 11.4 Å². The molecule has 0 atom stereocenters. The number of nitrogens with one attached hydrogen (secondary N) is 2. The average molecular weight is 467 g/mol. The second kappa shape index (κ2) is 11.0. The Labute approximate surface area is 184 Å². The molecule has 2 rings (SSSR count). The van der Waals surface area contributed by atoms with Crippen molar-refractivity contribution in [2.75, 3.05) is 0 Å². The van der Waals surface area contributed by atoms with Crippen molar-refractivity contribution < 1.29 is 19.4 Å². The van der Waals surface area contributed by atoms with E-state index >= 15 is 0 Å². The highest BCUT2D eigenvalue weighted by Crippen LogP contribution is 2.27. The standard InChI is InChI=1S/C17H18N6O6S2/c1-10-14(22(26)27)6-12(30-10)8-18-20-16(24)4-3-5-17(25)21-19-9-13-7-15(23(28)29)11(2)31-13/h6-9H,3-5H2,1-2H3,(H,20,24)(H,21,25)/b18-8-,19-9-. The van der Waals surface area contributed by atoms with Crippen molar-refractivity contribution in [2.24, 2.45) is 10.2 Å². The van der Waals surface area contributed by atoms with Gasteiger partial charge >= 0.3 is 0 Å². The Bertz CT molecular complexity index is 975. The monoisotopic (exact) mass is 466 g/mol. The van der Waals surface area contributed by atoms with Gasteiger partial charge in [0.15, 0.2) is 0 Å². The maximum Gasteiger partial charge on any atom is 0.283 e. The van der Waals surface area contributed by atoms with E-state index in [2.05, 4.69) is 21.1 Å². The number of hydrogen-bond acceptors (Lipinski definition) is 10. The first-order valence-electron chi connectivity index (χ1n) is 8.81. The number of amides is 2. The minimum Gasteiger partial charge on any atom is -0.273 e. The summed E-state index contributed by atoms with van der Waals surface area (Å²) < 4.78 is 0. The lowest BCUT2D eigenvalue weighted by atomic mass is 10.2. The maximum absolute atomic E-state index is 11.7. The largest absolute Gasteiger partial charge is 0.283 e. The van der Waals surface area contributed by atoms with Gasteiger partial charge in [-0.2, -0.15) is 10.2 Å². The van der Waals surface area contributed by atoms with Crippen molar-refractivity contribution in [2.45, 2.75) is 33.1 Å². The zero-order valence-corrected chi connectivity index (χ0v) is 18.1. The molecule has 164 valence electrons. The summed E-state index contributed by atoms with van der Waals surface area (Å²) in [5.41, 5.74) is 4.59. The van der Waals surface area contributed by atoms with Crippen molar-refractivity contribution in [3.8, 4) is 0 Å². The predicted octanol–water partition coefficient (Wildman–Crippen LogP) is 3.01. The second-order valence-corrected chi connectivity index (χ2v) is 8.71. The van der Waals surface area contributed by atoms with E-state index in [-0.39, 0.29) is 30.6 Å². The third-order valence-corrected chi connectivity index (χ3v) is 5.73. The van der Waals surface area contributed by atoms with E-state index in [1.54, 1.807) is 13.8 Å². The third kappa shape index (κ3) is 7.35. The molecule has 0 spiro atoms. The van der Waals surface area contributed by atoms with Gasteiger partial charge in [-0.1, -0.05) is 0 Å². The van der Waals surface area contributed by atoms with E-state index in [0.717, 1.165) is 0 Å². The SMILES string of the molecule is Cc1sc(/C=N\NC(=O)CCCC(=O)N/N=C\c2cc([N+](=O)[O-])c(C)s2)cc1[N+](=O)[O-]. The van der Waals surface area contributed by atoms with Crippen LogP contribution in [0.5, 0.6) is 0 Å². The van der Waals surface area contributed by atoms with E-state index in [9.17, 15) is 29.8 Å². The van der Waals surface area contributed by atoms with Crippen LogP contribution in [0.3, 0.4) is 0 Å². The molecule has 0 aromatic carbocycles. The van der Waals surface area contributed by atoms with Crippen LogP contribution in [-0.4, -0.2) is 34.1 Å². The first-order valence-corrected chi connectivity index (χ1v) is 10.4.